The van der Waals surface area contributed by atoms with Crippen molar-refractivity contribution < 1.29 is 22.7 Å². The molecular weight excluding hydrogens is 355 g/mol. The van der Waals surface area contributed by atoms with Crippen molar-refractivity contribution in [3.63, 3.8) is 0 Å². The molecule has 9 heteroatoms. The SMILES string of the molecule is CCOP(=O)(OCC)c1ccc(N)c([PH](P)(OCC)OCC)c1. The minimum atomic E-state index is -3.38. The van der Waals surface area contributed by atoms with Gasteiger partial charge in [-0.1, -0.05) is 0 Å². The van der Waals surface area contributed by atoms with Crippen LogP contribution in [0.5, 0.6) is 0 Å². The molecule has 2 N–H and O–H groups in total. The van der Waals surface area contributed by atoms with E-state index in [0.29, 0.717) is 29.5 Å². The van der Waals surface area contributed by atoms with E-state index in [1.165, 1.54) is 0 Å². The van der Waals surface area contributed by atoms with Crippen LogP contribution in [0.3, 0.4) is 0 Å². The van der Waals surface area contributed by atoms with Gasteiger partial charge in [0.2, 0.25) is 0 Å². The van der Waals surface area contributed by atoms with E-state index in [4.69, 9.17) is 23.8 Å². The van der Waals surface area contributed by atoms with Crippen LogP contribution in [0.4, 0.5) is 5.69 Å². The Labute approximate surface area is 141 Å². The van der Waals surface area contributed by atoms with Gasteiger partial charge in [-0.25, -0.2) is 0 Å². The summed E-state index contributed by atoms with van der Waals surface area (Å²) in [5.74, 6) is 0. The van der Waals surface area contributed by atoms with Crippen molar-refractivity contribution in [1.82, 2.24) is 0 Å². The summed E-state index contributed by atoms with van der Waals surface area (Å²) in [6.07, 6.45) is 0. The number of benzene rings is 1. The third kappa shape index (κ3) is 5.21. The van der Waals surface area contributed by atoms with E-state index >= 15 is 0 Å². The number of anilines is 1. The molecule has 0 heterocycles. The molecule has 0 spiro atoms. The van der Waals surface area contributed by atoms with E-state index in [0.717, 1.165) is 0 Å². The average Bonchev–Trinajstić information content (AvgIpc) is 2.48. The first kappa shape index (κ1) is 21.0. The van der Waals surface area contributed by atoms with Crippen molar-refractivity contribution in [2.24, 2.45) is 0 Å². The van der Waals surface area contributed by atoms with E-state index < -0.39 is 15.0 Å². The fourth-order valence-electron chi connectivity index (χ4n) is 2.17. The Morgan fingerprint density at radius 3 is 2.00 bits per heavy atom. The summed E-state index contributed by atoms with van der Waals surface area (Å²) >= 11 is 0. The standard InChI is InChI=1S/C14H28NO5P3/c1-5-17-22(16,18-6-2)12-9-10-13(15)14(11-12)23(21,19-7-3)20-8-4/h9-11,23H,5-8,15,21H2,1-4H3. The van der Waals surface area contributed by atoms with Crippen LogP contribution in [0, 0.1) is 0 Å². The van der Waals surface area contributed by atoms with Crippen LogP contribution >= 0.6 is 23.9 Å². The summed E-state index contributed by atoms with van der Waals surface area (Å²) in [5.41, 5.74) is 6.66. The summed E-state index contributed by atoms with van der Waals surface area (Å²) in [6.45, 7) is 8.92. The summed E-state index contributed by atoms with van der Waals surface area (Å²) in [4.78, 5) is 0. The van der Waals surface area contributed by atoms with E-state index in [1.54, 1.807) is 32.0 Å². The monoisotopic (exact) mass is 383 g/mol. The molecule has 1 aromatic carbocycles. The van der Waals surface area contributed by atoms with Crippen LogP contribution in [0.25, 0.3) is 0 Å². The number of hydrogen-bond acceptors (Lipinski definition) is 6. The summed E-state index contributed by atoms with van der Waals surface area (Å²) in [6, 6.07) is 5.09. The second-order valence-corrected chi connectivity index (χ2v) is 11.4. The van der Waals surface area contributed by atoms with Gasteiger partial charge in [-0.2, -0.15) is 0 Å². The second-order valence-electron chi connectivity index (χ2n) is 4.64. The Morgan fingerprint density at radius 1 is 1.04 bits per heavy atom. The van der Waals surface area contributed by atoms with Gasteiger partial charge in [-0.05, 0) is 0 Å². The average molecular weight is 383 g/mol. The van der Waals surface area contributed by atoms with Gasteiger partial charge in [-0.15, -0.1) is 0 Å². The normalized spacial score (nSPS) is 13.3. The van der Waals surface area contributed by atoms with Crippen molar-refractivity contribution in [2.45, 2.75) is 27.7 Å². The first-order valence-electron chi connectivity index (χ1n) is 7.73. The summed E-state index contributed by atoms with van der Waals surface area (Å²) in [5, 5.41) is 1.17. The van der Waals surface area contributed by atoms with Gasteiger partial charge in [-0.3, -0.25) is 0 Å². The van der Waals surface area contributed by atoms with Crippen molar-refractivity contribution >= 4 is 40.2 Å². The van der Waals surface area contributed by atoms with Crippen LogP contribution < -0.4 is 16.3 Å². The first-order valence-corrected chi connectivity index (χ1v) is 12.9. The molecule has 0 saturated carbocycles. The molecule has 0 aliphatic heterocycles. The van der Waals surface area contributed by atoms with Crippen LogP contribution in [0.1, 0.15) is 27.7 Å². The Kier molecular flexibility index (Phi) is 8.61. The third-order valence-corrected chi connectivity index (χ3v) is 9.70. The molecule has 0 fully saturated rings. The maximum absolute atomic E-state index is 13.0. The predicted octanol–water partition coefficient (Wildman–Crippen LogP) is 3.23. The van der Waals surface area contributed by atoms with E-state index in [-0.39, 0.29) is 13.2 Å². The zero-order valence-corrected chi connectivity index (χ0v) is 17.3. The summed E-state index contributed by atoms with van der Waals surface area (Å²) in [7, 11) is -3.48. The van der Waals surface area contributed by atoms with Gasteiger partial charge in [0.15, 0.2) is 0 Å². The number of hydrogen-bond donors (Lipinski definition) is 1. The molecule has 0 amide bonds. The quantitative estimate of drug-likeness (QED) is 0.494. The maximum atomic E-state index is 13.0. The topological polar surface area (TPSA) is 80.0 Å². The van der Waals surface area contributed by atoms with Gasteiger partial charge in [0.05, 0.1) is 0 Å². The van der Waals surface area contributed by atoms with Crippen LogP contribution in [-0.4, -0.2) is 26.4 Å². The third-order valence-electron chi connectivity index (χ3n) is 3.04. The van der Waals surface area contributed by atoms with Crippen molar-refractivity contribution in [3.8, 4) is 0 Å². The van der Waals surface area contributed by atoms with E-state index in [1.807, 2.05) is 13.8 Å². The molecule has 1 unspecified atom stereocenters. The first-order chi connectivity index (χ1) is 10.9. The van der Waals surface area contributed by atoms with Crippen molar-refractivity contribution in [1.29, 1.82) is 0 Å². The molecule has 6 nitrogen and oxygen atoms in total. The number of rotatable bonds is 10. The Bertz CT molecular complexity index is 539. The fourth-order valence-corrected chi connectivity index (χ4v) is 7.73. The van der Waals surface area contributed by atoms with Crippen molar-refractivity contribution in [2.75, 3.05) is 32.2 Å². The Morgan fingerprint density at radius 2 is 1.57 bits per heavy atom. The fraction of sp³-hybridized carbons (Fsp3) is 0.571. The van der Waals surface area contributed by atoms with Gasteiger partial charge in [0.25, 0.3) is 0 Å². The van der Waals surface area contributed by atoms with Crippen LogP contribution in [-0.2, 0) is 22.7 Å². The molecule has 0 radical (unpaired) electrons. The molecule has 0 bridgehead atoms. The second kappa shape index (κ2) is 9.44. The van der Waals surface area contributed by atoms with Crippen LogP contribution in [0.15, 0.2) is 18.2 Å². The molecule has 0 aromatic heterocycles. The molecule has 1 atom stereocenters. The molecule has 0 saturated heterocycles. The minimum absolute atomic E-state index is 0.289. The zero-order chi connectivity index (χ0) is 17.5. The number of nitrogens with two attached hydrogens (primary N) is 1. The number of nitrogen functional groups attached to an aromatic ring is 1. The van der Waals surface area contributed by atoms with Gasteiger partial charge < -0.3 is 0 Å². The molecule has 23 heavy (non-hydrogen) atoms. The molecule has 134 valence electrons. The molecule has 1 rings (SSSR count). The molecule has 0 aliphatic carbocycles. The van der Waals surface area contributed by atoms with Gasteiger partial charge in [0, 0.05) is 0 Å². The van der Waals surface area contributed by atoms with E-state index in [9.17, 15) is 4.57 Å². The van der Waals surface area contributed by atoms with Gasteiger partial charge >= 0.3 is 141 Å². The van der Waals surface area contributed by atoms with E-state index in [2.05, 4.69) is 8.93 Å². The zero-order valence-electron chi connectivity index (χ0n) is 14.2. The van der Waals surface area contributed by atoms with Gasteiger partial charge in [0.1, 0.15) is 0 Å². The Hall–Kier alpha value is -0.0500. The van der Waals surface area contributed by atoms with Crippen LogP contribution in [0.2, 0.25) is 0 Å². The van der Waals surface area contributed by atoms with Crippen molar-refractivity contribution in [3.05, 3.63) is 18.2 Å². The Balaban J connectivity index is 3.38. The summed E-state index contributed by atoms with van der Waals surface area (Å²) < 4.78 is 35.5. The molecule has 0 aliphatic rings. The molecular formula is C14H28NO5P3. The predicted molar refractivity (Wildman–Crippen MR) is 102 cm³/mol. The molecule has 1 aromatic rings.